The predicted molar refractivity (Wildman–Crippen MR) is 123 cm³/mol. The van der Waals surface area contributed by atoms with E-state index in [0.29, 0.717) is 37.3 Å². The van der Waals surface area contributed by atoms with Crippen LogP contribution in [0.25, 0.3) is 6.08 Å². The van der Waals surface area contributed by atoms with Crippen LogP contribution in [-0.2, 0) is 23.1 Å². The molecule has 7 heteroatoms. The van der Waals surface area contributed by atoms with E-state index in [1.54, 1.807) is 19.3 Å². The quantitative estimate of drug-likeness (QED) is 0.567. The summed E-state index contributed by atoms with van der Waals surface area (Å²) >= 11 is 0. The van der Waals surface area contributed by atoms with Gasteiger partial charge in [0, 0.05) is 26.7 Å². The maximum Gasteiger partial charge on any atom is 0.416 e. The van der Waals surface area contributed by atoms with Crippen molar-refractivity contribution in [3.63, 3.8) is 0 Å². The van der Waals surface area contributed by atoms with Crippen molar-refractivity contribution in [3.05, 3.63) is 71.3 Å². The van der Waals surface area contributed by atoms with Gasteiger partial charge in [0.2, 0.25) is 0 Å². The normalized spacial score (nSPS) is 21.4. The van der Waals surface area contributed by atoms with Gasteiger partial charge >= 0.3 is 6.18 Å². The van der Waals surface area contributed by atoms with E-state index in [1.165, 1.54) is 12.1 Å². The minimum atomic E-state index is -4.34. The van der Waals surface area contributed by atoms with Crippen molar-refractivity contribution in [1.82, 2.24) is 4.90 Å². The molecule has 2 unspecified atom stereocenters. The number of hydrogen-bond donors (Lipinski definition) is 1. The van der Waals surface area contributed by atoms with E-state index in [4.69, 9.17) is 4.74 Å². The number of benzene rings is 2. The van der Waals surface area contributed by atoms with Gasteiger partial charge in [-0.05, 0) is 54.1 Å². The summed E-state index contributed by atoms with van der Waals surface area (Å²) in [6, 6.07) is 10.6. The van der Waals surface area contributed by atoms with Gasteiger partial charge < -0.3 is 9.84 Å². The lowest BCUT2D eigenvalue weighted by Crippen LogP contribution is -2.54. The van der Waals surface area contributed by atoms with Crippen LogP contribution in [0.4, 0.5) is 18.9 Å². The molecule has 4 nitrogen and oxygen atoms in total. The highest BCUT2D eigenvalue weighted by atomic mass is 19.4. The lowest BCUT2D eigenvalue weighted by molar-refractivity contribution is -0.141. The topological polar surface area (TPSA) is 45.1 Å². The number of aliphatic imine (C=N–C) groups is 1. The Bertz CT molecular complexity index is 912. The largest absolute Gasteiger partial charge is 0.416 e. The molecule has 32 heavy (non-hydrogen) atoms. The highest BCUT2D eigenvalue weighted by molar-refractivity contribution is 5.66. The molecule has 1 fully saturated rings. The zero-order chi connectivity index (χ0) is 23.9. The van der Waals surface area contributed by atoms with Crippen LogP contribution in [0, 0.1) is 0 Å². The molecule has 1 aliphatic heterocycles. The molecule has 1 N–H and O–H groups in total. The molecule has 0 bridgehead atoms. The second-order valence-corrected chi connectivity index (χ2v) is 7.46. The van der Waals surface area contributed by atoms with Gasteiger partial charge in [-0.1, -0.05) is 44.7 Å². The lowest BCUT2D eigenvalue weighted by Gasteiger charge is -2.44. The van der Waals surface area contributed by atoms with E-state index in [0.717, 1.165) is 23.3 Å². The molecule has 2 aromatic rings. The summed E-state index contributed by atoms with van der Waals surface area (Å²) in [5, 5.41) is 11.4. The summed E-state index contributed by atoms with van der Waals surface area (Å²) in [6.07, 6.45) is -2.76. The summed E-state index contributed by atoms with van der Waals surface area (Å²) in [7, 11) is 1.55. The molecule has 0 spiro atoms. The van der Waals surface area contributed by atoms with E-state index in [1.807, 2.05) is 26.0 Å². The fourth-order valence-electron chi connectivity index (χ4n) is 3.90. The second-order valence-electron chi connectivity index (χ2n) is 7.46. The summed E-state index contributed by atoms with van der Waals surface area (Å²) < 4.78 is 43.9. The Morgan fingerprint density at radius 3 is 2.41 bits per heavy atom. The van der Waals surface area contributed by atoms with Gasteiger partial charge in [-0.3, -0.25) is 9.89 Å². The number of methoxy groups -OCH3 is 1. The van der Waals surface area contributed by atoms with Crippen LogP contribution < -0.4 is 0 Å². The van der Waals surface area contributed by atoms with E-state index in [-0.39, 0.29) is 0 Å². The zero-order valence-corrected chi connectivity index (χ0v) is 18.8. The number of aliphatic hydroxyl groups is 1. The van der Waals surface area contributed by atoms with Crippen LogP contribution in [0.2, 0.25) is 0 Å². The number of nitrogens with zero attached hydrogens (tertiary/aromatic N) is 2. The summed E-state index contributed by atoms with van der Waals surface area (Å²) in [6.45, 7) is 12.8. The molecule has 2 atom stereocenters. The Morgan fingerprint density at radius 2 is 1.88 bits per heavy atom. The van der Waals surface area contributed by atoms with Gasteiger partial charge in [0.25, 0.3) is 0 Å². The molecule has 3 rings (SSSR count). The Hall–Kier alpha value is -2.48. The maximum absolute atomic E-state index is 12.8. The SMILES string of the molecule is C=Cc1cc(C2(O)CCN(Cc3ccc(C(F)(F)F)cc3)CC2OC)ccc1N=C.CC. The third-order valence-electron chi connectivity index (χ3n) is 5.66. The summed E-state index contributed by atoms with van der Waals surface area (Å²) in [5.41, 5.74) is 1.10. The molecule has 1 heterocycles. The second kappa shape index (κ2) is 10.9. The minimum Gasteiger partial charge on any atom is -0.382 e. The van der Waals surface area contributed by atoms with Gasteiger partial charge in [-0.25, -0.2) is 0 Å². The van der Waals surface area contributed by atoms with Gasteiger partial charge in [0.1, 0.15) is 11.7 Å². The fraction of sp³-hybridized carbons (Fsp3) is 0.400. The summed E-state index contributed by atoms with van der Waals surface area (Å²) in [4.78, 5) is 6.03. The smallest absolute Gasteiger partial charge is 0.382 e. The molecule has 0 aliphatic carbocycles. The Morgan fingerprint density at radius 1 is 1.22 bits per heavy atom. The lowest BCUT2D eigenvalue weighted by atomic mass is 9.81. The van der Waals surface area contributed by atoms with Crippen molar-refractivity contribution in [1.29, 1.82) is 0 Å². The van der Waals surface area contributed by atoms with Gasteiger partial charge in [-0.2, -0.15) is 13.2 Å². The standard InChI is InChI=1S/C23H25F3N2O2.C2H6/c1-4-17-13-19(9-10-20(17)27-2)22(29)11-12-28(15-21(22)30-3)14-16-5-7-18(8-6-16)23(24,25)26;1-2/h4-10,13,21,29H,1-2,11-12,14-15H2,3H3;1-2H3. The van der Waals surface area contributed by atoms with Crippen molar-refractivity contribution in [2.45, 2.75) is 44.7 Å². The van der Waals surface area contributed by atoms with Gasteiger partial charge in [0.05, 0.1) is 11.3 Å². The number of ether oxygens (including phenoxy) is 1. The van der Waals surface area contributed by atoms with Crippen LogP contribution in [0.15, 0.2) is 54.0 Å². The zero-order valence-electron chi connectivity index (χ0n) is 18.8. The number of alkyl halides is 3. The molecule has 0 amide bonds. The molecular weight excluding hydrogens is 417 g/mol. The summed E-state index contributed by atoms with van der Waals surface area (Å²) in [5.74, 6) is 0. The molecule has 1 saturated heterocycles. The first-order chi connectivity index (χ1) is 15.2. The van der Waals surface area contributed by atoms with Crippen LogP contribution >= 0.6 is 0 Å². The number of likely N-dealkylation sites (tertiary alicyclic amines) is 1. The Kier molecular flexibility index (Phi) is 8.78. The Balaban J connectivity index is 0.00000176. The van der Waals surface area contributed by atoms with Crippen LogP contribution in [0.5, 0.6) is 0 Å². The van der Waals surface area contributed by atoms with E-state index >= 15 is 0 Å². The van der Waals surface area contributed by atoms with Crippen molar-refractivity contribution in [2.75, 3.05) is 20.2 Å². The van der Waals surface area contributed by atoms with Crippen LogP contribution in [0.1, 0.15) is 42.5 Å². The first kappa shape index (κ1) is 25.8. The first-order valence-electron chi connectivity index (χ1n) is 10.6. The number of piperidine rings is 1. The molecule has 0 aromatic heterocycles. The number of halogens is 3. The van der Waals surface area contributed by atoms with Gasteiger partial charge in [-0.15, -0.1) is 0 Å². The predicted octanol–water partition coefficient (Wildman–Crippen LogP) is 5.82. The molecule has 174 valence electrons. The van der Waals surface area contributed by atoms with Crippen molar-refractivity contribution >= 4 is 18.5 Å². The fourth-order valence-corrected chi connectivity index (χ4v) is 3.90. The molecule has 2 aromatic carbocycles. The van der Waals surface area contributed by atoms with E-state index < -0.39 is 23.4 Å². The van der Waals surface area contributed by atoms with Crippen LogP contribution in [-0.4, -0.2) is 43.0 Å². The Labute approximate surface area is 188 Å². The first-order valence-corrected chi connectivity index (χ1v) is 10.6. The highest BCUT2D eigenvalue weighted by Gasteiger charge is 2.43. The highest BCUT2D eigenvalue weighted by Crippen LogP contribution is 2.37. The number of hydrogen-bond acceptors (Lipinski definition) is 4. The molecule has 0 radical (unpaired) electrons. The monoisotopic (exact) mass is 448 g/mol. The van der Waals surface area contributed by atoms with Crippen molar-refractivity contribution in [3.8, 4) is 0 Å². The van der Waals surface area contributed by atoms with Crippen molar-refractivity contribution in [2.24, 2.45) is 4.99 Å². The average Bonchev–Trinajstić information content (AvgIpc) is 2.81. The van der Waals surface area contributed by atoms with Gasteiger partial charge in [0.15, 0.2) is 0 Å². The average molecular weight is 449 g/mol. The maximum atomic E-state index is 12.8. The van der Waals surface area contributed by atoms with Crippen LogP contribution in [0.3, 0.4) is 0 Å². The molecule has 1 aliphatic rings. The number of rotatable bonds is 6. The van der Waals surface area contributed by atoms with E-state index in [9.17, 15) is 18.3 Å². The third-order valence-corrected chi connectivity index (χ3v) is 5.66. The van der Waals surface area contributed by atoms with E-state index in [2.05, 4.69) is 23.2 Å². The molecule has 0 saturated carbocycles. The third kappa shape index (κ3) is 5.65. The molecular formula is C25H31F3N2O2. The minimum absolute atomic E-state index is 0.420. The van der Waals surface area contributed by atoms with Crippen molar-refractivity contribution < 1.29 is 23.0 Å².